The number of fused-ring (bicyclic) bond motifs is 1. The molecule has 122 valence electrons. The molecule has 0 bridgehead atoms. The lowest BCUT2D eigenvalue weighted by molar-refractivity contribution is -0.384. The normalized spacial score (nSPS) is 11.4. The molecule has 0 unspecified atom stereocenters. The van der Waals surface area contributed by atoms with E-state index in [1.165, 1.54) is 40.8 Å². The number of aromatic nitrogens is 3. The molecule has 9 heteroatoms. The van der Waals surface area contributed by atoms with E-state index < -0.39 is 16.2 Å². The van der Waals surface area contributed by atoms with Gasteiger partial charge in [0.2, 0.25) is 0 Å². The summed E-state index contributed by atoms with van der Waals surface area (Å²) in [6, 6.07) is 6.02. The van der Waals surface area contributed by atoms with E-state index in [4.69, 9.17) is 0 Å². The minimum Gasteiger partial charge on any atom is -0.295 e. The molecule has 3 aromatic rings. The van der Waals surface area contributed by atoms with Crippen molar-refractivity contribution in [2.75, 3.05) is 0 Å². The maximum absolute atomic E-state index is 12.1. The van der Waals surface area contributed by atoms with E-state index in [2.05, 4.69) is 5.10 Å². The third kappa shape index (κ3) is 2.51. The van der Waals surface area contributed by atoms with Crippen molar-refractivity contribution in [1.29, 1.82) is 0 Å². The summed E-state index contributed by atoms with van der Waals surface area (Å²) < 4.78 is 3.78. The van der Waals surface area contributed by atoms with Crippen molar-refractivity contribution in [3.63, 3.8) is 0 Å². The SMILES string of the molecule is Cn1c(=O)c2cn(/N=C\c3cccc([N+](=O)[O-])c3)cc2n(C)c1=O. The van der Waals surface area contributed by atoms with Gasteiger partial charge in [0.25, 0.3) is 11.2 Å². The van der Waals surface area contributed by atoms with Crippen molar-refractivity contribution >= 4 is 22.8 Å². The number of nitro benzene ring substituents is 1. The van der Waals surface area contributed by atoms with Crippen LogP contribution in [0.1, 0.15) is 5.56 Å². The van der Waals surface area contributed by atoms with Gasteiger partial charge < -0.3 is 0 Å². The molecule has 0 fully saturated rings. The van der Waals surface area contributed by atoms with Gasteiger partial charge in [0, 0.05) is 38.0 Å². The average Bonchev–Trinajstić information content (AvgIpc) is 3.01. The smallest absolute Gasteiger partial charge is 0.295 e. The Labute approximate surface area is 134 Å². The molecule has 0 saturated carbocycles. The maximum atomic E-state index is 12.1. The van der Waals surface area contributed by atoms with Crippen molar-refractivity contribution in [2.24, 2.45) is 19.2 Å². The molecule has 0 atom stereocenters. The second-order valence-corrected chi connectivity index (χ2v) is 5.24. The van der Waals surface area contributed by atoms with Crippen LogP contribution in [0.3, 0.4) is 0 Å². The second kappa shape index (κ2) is 5.61. The standard InChI is InChI=1S/C15H13N5O4/c1-17-13-9-19(8-12(13)14(21)18(2)15(17)22)16-7-10-4-3-5-11(6-10)20(23)24/h3-9H,1-2H3/b16-7-. The largest absolute Gasteiger partial charge is 0.330 e. The summed E-state index contributed by atoms with van der Waals surface area (Å²) in [5, 5.41) is 15.3. The summed E-state index contributed by atoms with van der Waals surface area (Å²) >= 11 is 0. The van der Waals surface area contributed by atoms with Crippen molar-refractivity contribution in [3.05, 3.63) is 73.2 Å². The van der Waals surface area contributed by atoms with Crippen LogP contribution in [0, 0.1) is 10.1 Å². The zero-order valence-electron chi connectivity index (χ0n) is 12.9. The molecule has 0 aliphatic carbocycles. The second-order valence-electron chi connectivity index (χ2n) is 5.24. The highest BCUT2D eigenvalue weighted by molar-refractivity contribution is 5.81. The van der Waals surface area contributed by atoms with Crippen LogP contribution in [0.5, 0.6) is 0 Å². The van der Waals surface area contributed by atoms with Gasteiger partial charge in [-0.3, -0.25) is 24.0 Å². The Hall–Kier alpha value is -3.49. The molecular formula is C15H13N5O4. The van der Waals surface area contributed by atoms with Crippen LogP contribution in [0.15, 0.2) is 51.3 Å². The van der Waals surface area contributed by atoms with Crippen LogP contribution in [0.25, 0.3) is 10.9 Å². The minimum absolute atomic E-state index is 0.0344. The molecule has 0 radical (unpaired) electrons. The first-order valence-electron chi connectivity index (χ1n) is 6.95. The van der Waals surface area contributed by atoms with Crippen molar-refractivity contribution < 1.29 is 4.92 Å². The molecular weight excluding hydrogens is 314 g/mol. The predicted octanol–water partition coefficient (Wildman–Crippen LogP) is 0.829. The fourth-order valence-corrected chi connectivity index (χ4v) is 2.38. The molecule has 0 spiro atoms. The van der Waals surface area contributed by atoms with Crippen molar-refractivity contribution in [3.8, 4) is 0 Å². The number of nitrogens with zero attached hydrogens (tertiary/aromatic N) is 5. The van der Waals surface area contributed by atoms with Gasteiger partial charge >= 0.3 is 5.69 Å². The fraction of sp³-hybridized carbons (Fsp3) is 0.133. The zero-order chi connectivity index (χ0) is 17.4. The van der Waals surface area contributed by atoms with Crippen molar-refractivity contribution in [1.82, 2.24) is 13.8 Å². The highest BCUT2D eigenvalue weighted by atomic mass is 16.6. The molecule has 0 aliphatic heterocycles. The van der Waals surface area contributed by atoms with E-state index in [1.54, 1.807) is 25.4 Å². The van der Waals surface area contributed by atoms with Gasteiger partial charge in [-0.05, 0) is 0 Å². The summed E-state index contributed by atoms with van der Waals surface area (Å²) in [5.74, 6) is 0. The van der Waals surface area contributed by atoms with E-state index >= 15 is 0 Å². The van der Waals surface area contributed by atoms with Gasteiger partial charge in [-0.25, -0.2) is 9.47 Å². The van der Waals surface area contributed by atoms with E-state index in [-0.39, 0.29) is 5.69 Å². The Bertz CT molecular complexity index is 1100. The first-order valence-corrected chi connectivity index (χ1v) is 6.95. The third-order valence-electron chi connectivity index (χ3n) is 3.68. The number of hydrogen-bond donors (Lipinski definition) is 0. The Kier molecular flexibility index (Phi) is 3.60. The summed E-state index contributed by atoms with van der Waals surface area (Å²) in [5.41, 5.74) is 0.140. The minimum atomic E-state index is -0.485. The van der Waals surface area contributed by atoms with Gasteiger partial charge in [-0.2, -0.15) is 5.10 Å². The van der Waals surface area contributed by atoms with E-state index in [9.17, 15) is 19.7 Å². The van der Waals surface area contributed by atoms with E-state index in [0.29, 0.717) is 16.5 Å². The Morgan fingerprint density at radius 1 is 1.17 bits per heavy atom. The highest BCUT2D eigenvalue weighted by Gasteiger charge is 2.10. The topological polar surface area (TPSA) is 104 Å². The van der Waals surface area contributed by atoms with E-state index in [0.717, 1.165) is 4.57 Å². The fourth-order valence-electron chi connectivity index (χ4n) is 2.38. The van der Waals surface area contributed by atoms with Crippen LogP contribution in [0.4, 0.5) is 5.69 Å². The quantitative estimate of drug-likeness (QED) is 0.403. The molecule has 0 saturated heterocycles. The Morgan fingerprint density at radius 3 is 2.62 bits per heavy atom. The molecule has 9 nitrogen and oxygen atoms in total. The van der Waals surface area contributed by atoms with Gasteiger partial charge in [0.1, 0.15) is 0 Å². The molecule has 2 heterocycles. The van der Waals surface area contributed by atoms with Crippen LogP contribution in [0.2, 0.25) is 0 Å². The first-order chi connectivity index (χ1) is 11.4. The highest BCUT2D eigenvalue weighted by Crippen LogP contribution is 2.12. The summed E-state index contributed by atoms with van der Waals surface area (Å²) in [4.78, 5) is 34.3. The van der Waals surface area contributed by atoms with Gasteiger partial charge in [0.05, 0.1) is 28.2 Å². The van der Waals surface area contributed by atoms with Crippen LogP contribution < -0.4 is 11.2 Å². The lowest BCUT2D eigenvalue weighted by Crippen LogP contribution is -2.36. The van der Waals surface area contributed by atoms with Crippen LogP contribution in [-0.4, -0.2) is 24.9 Å². The van der Waals surface area contributed by atoms with Gasteiger partial charge in [-0.1, -0.05) is 12.1 Å². The number of aryl methyl sites for hydroxylation is 1. The number of nitro groups is 1. The van der Waals surface area contributed by atoms with Crippen molar-refractivity contribution in [2.45, 2.75) is 0 Å². The van der Waals surface area contributed by atoms with Gasteiger partial charge in [-0.15, -0.1) is 0 Å². The first kappa shape index (κ1) is 15.4. The number of hydrogen-bond acceptors (Lipinski definition) is 5. The monoisotopic (exact) mass is 327 g/mol. The number of benzene rings is 1. The Morgan fingerprint density at radius 2 is 1.92 bits per heavy atom. The molecule has 2 aromatic heterocycles. The zero-order valence-corrected chi connectivity index (χ0v) is 12.9. The molecule has 0 amide bonds. The molecule has 24 heavy (non-hydrogen) atoms. The molecule has 0 N–H and O–H groups in total. The lowest BCUT2D eigenvalue weighted by Gasteiger charge is -2.01. The lowest BCUT2D eigenvalue weighted by atomic mass is 10.2. The van der Waals surface area contributed by atoms with Gasteiger partial charge in [0.15, 0.2) is 0 Å². The molecule has 0 aliphatic rings. The van der Waals surface area contributed by atoms with Crippen LogP contribution >= 0.6 is 0 Å². The summed E-state index contributed by atoms with van der Waals surface area (Å²) in [6.45, 7) is 0. The van der Waals surface area contributed by atoms with Crippen LogP contribution in [-0.2, 0) is 14.1 Å². The maximum Gasteiger partial charge on any atom is 0.330 e. The number of rotatable bonds is 3. The predicted molar refractivity (Wildman–Crippen MR) is 88.5 cm³/mol. The Balaban J connectivity index is 2.05. The van der Waals surface area contributed by atoms with E-state index in [1.807, 2.05) is 0 Å². The summed E-state index contributed by atoms with van der Waals surface area (Å²) in [6.07, 6.45) is 4.49. The average molecular weight is 327 g/mol. The number of non-ortho nitro benzene ring substituents is 1. The molecule has 3 rings (SSSR count). The summed E-state index contributed by atoms with van der Waals surface area (Å²) in [7, 11) is 2.98. The third-order valence-corrected chi connectivity index (χ3v) is 3.68. The molecule has 1 aromatic carbocycles.